The van der Waals surface area contributed by atoms with E-state index in [9.17, 15) is 13.6 Å². The Hall–Kier alpha value is -3.61. The molecule has 1 saturated carbocycles. The van der Waals surface area contributed by atoms with E-state index in [1.54, 1.807) is 48.5 Å². The number of aromatic nitrogens is 3. The van der Waals surface area contributed by atoms with Gasteiger partial charge in [0.25, 0.3) is 0 Å². The zero-order chi connectivity index (χ0) is 29.7. The second kappa shape index (κ2) is 16.1. The third-order valence-corrected chi connectivity index (χ3v) is 8.24. The Balaban J connectivity index is 0.000000385. The molecule has 1 aliphatic heterocycles. The van der Waals surface area contributed by atoms with Crippen LogP contribution in [0.1, 0.15) is 68.6 Å². The van der Waals surface area contributed by atoms with Crippen molar-refractivity contribution in [1.29, 1.82) is 0 Å². The highest BCUT2D eigenvalue weighted by Gasteiger charge is 2.23. The summed E-state index contributed by atoms with van der Waals surface area (Å²) in [5, 5.41) is 10.1. The van der Waals surface area contributed by atoms with Gasteiger partial charge in [-0.15, -0.1) is 0 Å². The molecular formula is C30H41N8O3S-. The first-order chi connectivity index (χ1) is 20.4. The molecule has 11 nitrogen and oxygen atoms in total. The Labute approximate surface area is 250 Å². The molecule has 3 aromatic rings. The number of likely N-dealkylation sites (N-methyl/N-ethyl adjacent to an activating group) is 1. The standard InChI is InChI=1S/C23H35N7O2S.C7H7NO/c1-2-30-15-7-10-19(30)16-24-21-27-22(25-17-8-5-3-4-6-9-17)29-23(28-21)26-18-11-13-20(14-12-18)33(31)32;8-7(9)6-4-2-1-3-5-6/h11-14,17,19H,2-10,15-16H2,1H3,(H,31,32)(H3,24,25,26,27,28,29);1-5H,(H2,8,9)/p-1. The van der Waals surface area contributed by atoms with Crippen molar-refractivity contribution in [2.75, 3.05) is 35.6 Å². The number of likely N-dealkylation sites (tertiary alicyclic amines) is 1. The molecule has 2 heterocycles. The maximum Gasteiger partial charge on any atom is 0.248 e. The van der Waals surface area contributed by atoms with Crippen LogP contribution in [0.2, 0.25) is 0 Å². The van der Waals surface area contributed by atoms with Gasteiger partial charge in [0.15, 0.2) is 0 Å². The van der Waals surface area contributed by atoms with Crippen molar-refractivity contribution < 1.29 is 13.6 Å². The average molecular weight is 594 g/mol. The van der Waals surface area contributed by atoms with Crippen LogP contribution in [0.5, 0.6) is 0 Å². The van der Waals surface area contributed by atoms with Crippen LogP contribution in [-0.4, -0.2) is 66.2 Å². The fourth-order valence-corrected chi connectivity index (χ4v) is 5.67. The third-order valence-electron chi connectivity index (χ3n) is 7.59. The van der Waals surface area contributed by atoms with Crippen LogP contribution in [0.3, 0.4) is 0 Å². The molecule has 1 amide bonds. The fourth-order valence-electron chi connectivity index (χ4n) is 5.31. The number of hydrogen-bond donors (Lipinski definition) is 4. The smallest absolute Gasteiger partial charge is 0.248 e. The van der Waals surface area contributed by atoms with Crippen LogP contribution in [-0.2, 0) is 11.1 Å². The Morgan fingerprint density at radius 3 is 2.21 bits per heavy atom. The van der Waals surface area contributed by atoms with Gasteiger partial charge in [0.05, 0.1) is 0 Å². The number of carbonyl (C=O) groups excluding carboxylic acids is 1. The van der Waals surface area contributed by atoms with Crippen molar-refractivity contribution in [3.63, 3.8) is 0 Å². The highest BCUT2D eigenvalue weighted by molar-refractivity contribution is 7.79. The molecule has 2 atom stereocenters. The summed E-state index contributed by atoms with van der Waals surface area (Å²) in [6.07, 6.45) is 9.67. The van der Waals surface area contributed by atoms with Crippen molar-refractivity contribution in [3.05, 3.63) is 60.2 Å². The van der Waals surface area contributed by atoms with E-state index >= 15 is 0 Å². The summed E-state index contributed by atoms with van der Waals surface area (Å²) in [5.41, 5.74) is 6.25. The van der Waals surface area contributed by atoms with Crippen molar-refractivity contribution in [2.45, 2.75) is 75.3 Å². The van der Waals surface area contributed by atoms with Gasteiger partial charge in [-0.25, -0.2) is 0 Å². The molecule has 2 aliphatic rings. The van der Waals surface area contributed by atoms with Crippen LogP contribution in [0.15, 0.2) is 59.5 Å². The van der Waals surface area contributed by atoms with E-state index in [4.69, 9.17) is 5.73 Å². The Morgan fingerprint density at radius 1 is 0.929 bits per heavy atom. The van der Waals surface area contributed by atoms with Crippen molar-refractivity contribution in [1.82, 2.24) is 19.9 Å². The first-order valence-corrected chi connectivity index (χ1v) is 15.8. The second-order valence-electron chi connectivity index (χ2n) is 10.6. The Bertz CT molecular complexity index is 1290. The number of anilines is 4. The highest BCUT2D eigenvalue weighted by atomic mass is 32.2. The first-order valence-electron chi connectivity index (χ1n) is 14.7. The maximum absolute atomic E-state index is 11.1. The molecule has 226 valence electrons. The van der Waals surface area contributed by atoms with E-state index in [0.717, 1.165) is 38.2 Å². The van der Waals surface area contributed by atoms with Gasteiger partial charge < -0.3 is 26.2 Å². The van der Waals surface area contributed by atoms with Crippen molar-refractivity contribution >= 4 is 40.5 Å². The fraction of sp³-hybridized carbons (Fsp3) is 0.467. The lowest BCUT2D eigenvalue weighted by atomic mass is 10.1. The van der Waals surface area contributed by atoms with E-state index in [-0.39, 0.29) is 10.8 Å². The number of hydrogen-bond acceptors (Lipinski definition) is 10. The zero-order valence-corrected chi connectivity index (χ0v) is 24.9. The third kappa shape index (κ3) is 9.74. The van der Waals surface area contributed by atoms with Crippen LogP contribution in [0.25, 0.3) is 0 Å². The van der Waals surface area contributed by atoms with Gasteiger partial charge in [0.2, 0.25) is 23.8 Å². The second-order valence-corrected chi connectivity index (χ2v) is 11.5. The summed E-state index contributed by atoms with van der Waals surface area (Å²) in [5.74, 6) is 1.16. The highest BCUT2D eigenvalue weighted by Crippen LogP contribution is 2.23. The Kier molecular flexibility index (Phi) is 12.0. The topological polar surface area (TPSA) is 161 Å². The van der Waals surface area contributed by atoms with Gasteiger partial charge in [0, 0.05) is 34.8 Å². The van der Waals surface area contributed by atoms with Gasteiger partial charge in [-0.05, 0) is 86.3 Å². The minimum Gasteiger partial charge on any atom is -0.768 e. The van der Waals surface area contributed by atoms with Gasteiger partial charge in [-0.2, -0.15) is 15.0 Å². The van der Waals surface area contributed by atoms with Gasteiger partial charge in [-0.3, -0.25) is 13.9 Å². The summed E-state index contributed by atoms with van der Waals surface area (Å²) in [6, 6.07) is 16.1. The lowest BCUT2D eigenvalue weighted by molar-refractivity contribution is 0.1000. The summed E-state index contributed by atoms with van der Waals surface area (Å²) < 4.78 is 22.3. The normalized spacial score (nSPS) is 18.3. The molecule has 2 unspecified atom stereocenters. The number of carbonyl (C=O) groups is 1. The van der Waals surface area contributed by atoms with Gasteiger partial charge in [0.1, 0.15) is 0 Å². The summed E-state index contributed by atoms with van der Waals surface area (Å²) >= 11 is -2.25. The first kappa shape index (κ1) is 31.3. The molecule has 12 heteroatoms. The lowest BCUT2D eigenvalue weighted by Gasteiger charge is -2.23. The van der Waals surface area contributed by atoms with Gasteiger partial charge >= 0.3 is 0 Å². The molecule has 5 rings (SSSR count). The van der Waals surface area contributed by atoms with E-state index in [0.29, 0.717) is 35.5 Å². The number of rotatable bonds is 10. The van der Waals surface area contributed by atoms with E-state index in [1.165, 1.54) is 38.5 Å². The van der Waals surface area contributed by atoms with Crippen LogP contribution >= 0.6 is 0 Å². The minimum absolute atomic E-state index is 0.242. The molecule has 2 fully saturated rings. The summed E-state index contributed by atoms with van der Waals surface area (Å²) in [6.45, 7) is 5.19. The maximum atomic E-state index is 11.1. The molecule has 1 aromatic heterocycles. The quantitative estimate of drug-likeness (QED) is 0.192. The largest absolute Gasteiger partial charge is 0.768 e. The molecule has 0 spiro atoms. The number of primary amides is 1. The monoisotopic (exact) mass is 593 g/mol. The number of nitrogens with zero attached hydrogens (tertiary/aromatic N) is 4. The molecule has 1 aliphatic carbocycles. The van der Waals surface area contributed by atoms with E-state index in [2.05, 4.69) is 42.7 Å². The number of benzene rings is 2. The molecule has 42 heavy (non-hydrogen) atoms. The number of nitrogens with two attached hydrogens (primary N) is 1. The zero-order valence-electron chi connectivity index (χ0n) is 24.1. The molecule has 2 aromatic carbocycles. The minimum atomic E-state index is -2.25. The predicted molar refractivity (Wildman–Crippen MR) is 166 cm³/mol. The summed E-state index contributed by atoms with van der Waals surface area (Å²) in [7, 11) is 0. The van der Waals surface area contributed by atoms with Crippen molar-refractivity contribution in [2.24, 2.45) is 5.73 Å². The molecule has 5 N–H and O–H groups in total. The van der Waals surface area contributed by atoms with Crippen LogP contribution in [0, 0.1) is 0 Å². The molecule has 0 bridgehead atoms. The van der Waals surface area contributed by atoms with Gasteiger partial charge in [-0.1, -0.05) is 50.8 Å². The van der Waals surface area contributed by atoms with Crippen molar-refractivity contribution in [3.8, 4) is 0 Å². The van der Waals surface area contributed by atoms with E-state index in [1.807, 2.05) is 6.07 Å². The van der Waals surface area contributed by atoms with Crippen LogP contribution in [0.4, 0.5) is 23.5 Å². The average Bonchev–Trinajstić information content (AvgIpc) is 3.31. The predicted octanol–water partition coefficient (Wildman–Crippen LogP) is 4.67. The molecule has 1 saturated heterocycles. The number of amides is 1. The number of nitrogens with one attached hydrogen (secondary N) is 3. The van der Waals surface area contributed by atoms with Crippen LogP contribution < -0.4 is 21.7 Å². The molecular weight excluding hydrogens is 552 g/mol. The molecule has 0 radical (unpaired) electrons. The Morgan fingerprint density at radius 2 is 1.60 bits per heavy atom. The van der Waals surface area contributed by atoms with E-state index < -0.39 is 11.1 Å². The SMILES string of the molecule is CCN1CCCC1CNc1nc(Nc2ccc(S(=O)[O-])cc2)nc(NC2CCCCCC2)n1.NC(=O)c1ccccc1. The summed E-state index contributed by atoms with van der Waals surface area (Å²) in [4.78, 5) is 27.0. The lowest BCUT2D eigenvalue weighted by Crippen LogP contribution is -2.35.